The lowest BCUT2D eigenvalue weighted by Gasteiger charge is -2.33. The van der Waals surface area contributed by atoms with Crippen molar-refractivity contribution in [3.8, 4) is 34.9 Å². The second-order valence-electron chi connectivity index (χ2n) is 18.7. The zero-order valence-electron chi connectivity index (χ0n) is 40.7. The molecule has 0 radical (unpaired) electrons. The Morgan fingerprint density at radius 2 is 1.04 bits per heavy atom. The van der Waals surface area contributed by atoms with Crippen LogP contribution in [0.15, 0.2) is 72.8 Å². The van der Waals surface area contributed by atoms with Gasteiger partial charge >= 0.3 is 0 Å². The van der Waals surface area contributed by atoms with E-state index >= 15 is 0 Å². The van der Waals surface area contributed by atoms with Crippen molar-refractivity contribution in [2.45, 2.75) is 110 Å². The molecule has 4 fully saturated rings. The summed E-state index contributed by atoms with van der Waals surface area (Å²) in [5, 5.41) is 35.5. The molecule has 0 atom stereocenters. The van der Waals surface area contributed by atoms with Crippen LogP contribution >= 0.6 is 12.4 Å². The van der Waals surface area contributed by atoms with Gasteiger partial charge in [0.1, 0.15) is 17.5 Å². The molecule has 13 nitrogen and oxygen atoms in total. The van der Waals surface area contributed by atoms with Gasteiger partial charge in [-0.3, -0.25) is 19.8 Å². The monoisotopic (exact) mass is 963 g/mol. The lowest BCUT2D eigenvalue weighted by atomic mass is 9.77. The molecular weight excluding hydrogens is 901 g/mol. The summed E-state index contributed by atoms with van der Waals surface area (Å²) in [6.07, 6.45) is 10.1. The third-order valence-corrected chi connectivity index (χ3v) is 14.2. The minimum atomic E-state index is -0.435. The zero-order chi connectivity index (χ0) is 48.4. The number of aromatic nitrogens is 6. The van der Waals surface area contributed by atoms with Crippen LogP contribution in [0.4, 0.5) is 4.39 Å². The Hall–Kier alpha value is -6.74. The molecule has 3 saturated heterocycles. The van der Waals surface area contributed by atoms with Crippen LogP contribution in [0.3, 0.4) is 0 Å². The molecule has 70 heavy (non-hydrogen) atoms. The molecule has 10 rings (SSSR count). The maximum atomic E-state index is 14.6. The number of halogens is 2. The van der Waals surface area contributed by atoms with Gasteiger partial charge in [0.2, 0.25) is 0 Å². The van der Waals surface area contributed by atoms with Crippen molar-refractivity contribution < 1.29 is 14.0 Å². The number of aromatic amines is 2. The number of H-pyrrole nitrogens is 2. The maximum Gasteiger partial charge on any atom is 0.254 e. The number of piperidine rings is 2. The number of amides is 2. The van der Waals surface area contributed by atoms with Crippen LogP contribution in [-0.4, -0.2) is 91.2 Å². The summed E-state index contributed by atoms with van der Waals surface area (Å²) in [7, 11) is 0. The molecule has 5 heterocycles. The van der Waals surface area contributed by atoms with Crippen LogP contribution < -0.4 is 5.32 Å². The van der Waals surface area contributed by atoms with Crippen molar-refractivity contribution in [1.82, 2.24) is 45.5 Å². The summed E-state index contributed by atoms with van der Waals surface area (Å²) < 4.78 is 14.6. The number of nitrogens with zero attached hydrogens (tertiary/aromatic N) is 8. The molecule has 0 spiro atoms. The summed E-state index contributed by atoms with van der Waals surface area (Å²) in [5.74, 6) is 3.40. The average molecular weight is 965 g/mol. The normalized spacial score (nSPS) is 15.9. The van der Waals surface area contributed by atoms with Gasteiger partial charge in [-0.1, -0.05) is 50.6 Å². The Morgan fingerprint density at radius 1 is 0.629 bits per heavy atom. The van der Waals surface area contributed by atoms with Crippen LogP contribution in [0, 0.1) is 42.3 Å². The SMILES string of the molecule is C1CNC1.CCc1nc(-c2cc(C(=O)N3CCC(c4ccc(C#N)cc4)CC3)c(C)cc2C2CCC2)n[nH]1.CCc1nc(-c2cc(C(=O)N3CCC(c4ccc(C#N)cc4)CC3)c(C)cc2F)n[nH]1.Cl. The lowest BCUT2D eigenvalue weighted by Crippen LogP contribution is -2.38. The van der Waals surface area contributed by atoms with Crippen molar-refractivity contribution in [1.29, 1.82) is 10.5 Å². The summed E-state index contributed by atoms with van der Waals surface area (Å²) in [6.45, 7) is 13.0. The van der Waals surface area contributed by atoms with Crippen molar-refractivity contribution in [3.63, 3.8) is 0 Å². The summed E-state index contributed by atoms with van der Waals surface area (Å²) in [5.41, 5.74) is 9.19. The second kappa shape index (κ2) is 23.7. The average Bonchev–Trinajstić information content (AvgIpc) is 4.04. The van der Waals surface area contributed by atoms with Gasteiger partial charge in [0.25, 0.3) is 11.8 Å². The number of carbonyl (C=O) groups excluding carboxylic acids is 2. The van der Waals surface area contributed by atoms with E-state index in [0.717, 1.165) is 67.7 Å². The number of rotatable bonds is 9. The molecule has 364 valence electrons. The molecule has 3 aliphatic heterocycles. The molecule has 2 aromatic heterocycles. The van der Waals surface area contributed by atoms with Crippen molar-refractivity contribution in [2.75, 3.05) is 39.3 Å². The Labute approximate surface area is 416 Å². The molecule has 4 aliphatic rings. The Bertz CT molecular complexity index is 2820. The first kappa shape index (κ1) is 51.1. The summed E-state index contributed by atoms with van der Waals surface area (Å²) in [6, 6.07) is 27.1. The van der Waals surface area contributed by atoms with Crippen LogP contribution in [0.5, 0.6) is 0 Å². The molecule has 4 aromatic carbocycles. The van der Waals surface area contributed by atoms with Gasteiger partial charge in [-0.2, -0.15) is 20.7 Å². The van der Waals surface area contributed by atoms with E-state index in [0.29, 0.717) is 71.2 Å². The molecule has 1 aliphatic carbocycles. The van der Waals surface area contributed by atoms with E-state index in [1.165, 1.54) is 61.5 Å². The lowest BCUT2D eigenvalue weighted by molar-refractivity contribution is 0.0704. The van der Waals surface area contributed by atoms with Gasteiger partial charge in [-0.05, 0) is 160 Å². The van der Waals surface area contributed by atoms with Crippen molar-refractivity contribution in [2.24, 2.45) is 0 Å². The fourth-order valence-electron chi connectivity index (χ4n) is 9.44. The van der Waals surface area contributed by atoms with Gasteiger partial charge in [-0.15, -0.1) is 12.4 Å². The van der Waals surface area contributed by atoms with E-state index in [-0.39, 0.29) is 35.6 Å². The largest absolute Gasteiger partial charge is 0.339 e. The molecule has 1 saturated carbocycles. The number of aryl methyl sites for hydroxylation is 4. The fourth-order valence-corrected chi connectivity index (χ4v) is 9.44. The van der Waals surface area contributed by atoms with E-state index in [9.17, 15) is 14.0 Å². The molecule has 0 unspecified atom stereocenters. The van der Waals surface area contributed by atoms with E-state index in [2.05, 4.69) is 79.9 Å². The van der Waals surface area contributed by atoms with E-state index in [1.54, 1.807) is 13.0 Å². The zero-order valence-corrected chi connectivity index (χ0v) is 41.5. The number of carbonyl (C=O) groups is 2. The van der Waals surface area contributed by atoms with Gasteiger partial charge < -0.3 is 15.1 Å². The minimum Gasteiger partial charge on any atom is -0.339 e. The van der Waals surface area contributed by atoms with Crippen molar-refractivity contribution in [3.05, 3.63) is 140 Å². The molecule has 0 bridgehead atoms. The first-order valence-corrected chi connectivity index (χ1v) is 24.6. The number of nitrogens with one attached hydrogen (secondary N) is 3. The number of hydrogen-bond acceptors (Lipinski definition) is 9. The molecule has 6 aromatic rings. The molecule has 2 amide bonds. The van der Waals surface area contributed by atoms with Crippen LogP contribution in [0.25, 0.3) is 22.8 Å². The summed E-state index contributed by atoms with van der Waals surface area (Å²) >= 11 is 0. The number of nitriles is 2. The number of benzene rings is 4. The number of hydrogen-bond donors (Lipinski definition) is 3. The topological polar surface area (TPSA) is 183 Å². The highest BCUT2D eigenvalue weighted by atomic mass is 35.5. The highest BCUT2D eigenvalue weighted by Crippen LogP contribution is 2.42. The second-order valence-corrected chi connectivity index (χ2v) is 18.7. The van der Waals surface area contributed by atoms with Crippen molar-refractivity contribution >= 4 is 24.2 Å². The molecular formula is C55H63ClFN11O2. The number of likely N-dealkylation sites (tertiary alicyclic amines) is 2. The molecule has 15 heteroatoms. The summed E-state index contributed by atoms with van der Waals surface area (Å²) in [4.78, 5) is 39.6. The predicted octanol–water partition coefficient (Wildman–Crippen LogP) is 10.3. The smallest absolute Gasteiger partial charge is 0.254 e. The van der Waals surface area contributed by atoms with Gasteiger partial charge in [0.05, 0.1) is 28.8 Å². The van der Waals surface area contributed by atoms with E-state index in [4.69, 9.17) is 10.5 Å². The highest BCUT2D eigenvalue weighted by Gasteiger charge is 2.30. The van der Waals surface area contributed by atoms with Crippen LogP contribution in [-0.2, 0) is 12.8 Å². The van der Waals surface area contributed by atoms with Gasteiger partial charge in [0, 0.05) is 55.7 Å². The minimum absolute atomic E-state index is 0. The van der Waals surface area contributed by atoms with E-state index in [1.807, 2.05) is 59.2 Å². The Balaban J connectivity index is 0.000000189. The first-order valence-electron chi connectivity index (χ1n) is 24.6. The maximum absolute atomic E-state index is 14.6. The fraction of sp³-hybridized carbons (Fsp3) is 0.418. The Kier molecular flexibility index (Phi) is 17.3. The highest BCUT2D eigenvalue weighted by molar-refractivity contribution is 5.98. The van der Waals surface area contributed by atoms with Gasteiger partial charge in [0.15, 0.2) is 11.6 Å². The van der Waals surface area contributed by atoms with E-state index < -0.39 is 5.82 Å². The Morgan fingerprint density at radius 3 is 1.41 bits per heavy atom. The first-order chi connectivity index (χ1) is 33.6. The predicted molar refractivity (Wildman–Crippen MR) is 271 cm³/mol. The third kappa shape index (κ3) is 11.8. The standard InChI is InChI=1S/C28H31N5O.C24H24FN5O.C3H7N.ClH/c1-3-26-30-27(32-31-26)25-16-23(18(2)15-24(25)22-5-4-6-22)28(34)33-13-11-21(12-14-33)20-9-7-19(17-29)8-10-20;1-3-22-27-23(29-28-22)20-13-19(15(2)12-21(20)25)24(31)30-10-8-18(9-11-30)17-6-4-16(14-26)5-7-17;1-2-4-3-1;/h7-10,15-16,21-22H,3-6,11-14H2,1-2H3,(H,30,31,32);4-7,12-13,18H,3,8-11H2,1-2H3,(H,27,28,29);4H,1-3H2;1H. The quantitative estimate of drug-likeness (QED) is 0.127. The third-order valence-electron chi connectivity index (χ3n) is 14.2. The van der Waals surface area contributed by atoms with Gasteiger partial charge in [-0.25, -0.2) is 14.4 Å². The molecule has 3 N–H and O–H groups in total. The van der Waals surface area contributed by atoms with Crippen LogP contribution in [0.1, 0.15) is 154 Å². The van der Waals surface area contributed by atoms with Crippen LogP contribution in [0.2, 0.25) is 0 Å².